The normalized spacial score (nSPS) is 16.0. The van der Waals surface area contributed by atoms with Crippen LogP contribution in [0.3, 0.4) is 0 Å². The topological polar surface area (TPSA) is 51.2 Å². The monoisotopic (exact) mass is 527 g/mol. The fraction of sp³-hybridized carbons (Fsp3) is 1.00. The number of ether oxygens (including phenoxy) is 3. The highest BCUT2D eigenvalue weighted by molar-refractivity contribution is 4.70. The second kappa shape index (κ2) is 27.4. The van der Waals surface area contributed by atoms with E-state index in [1.54, 1.807) is 0 Å². The molecule has 37 heavy (non-hydrogen) atoms. The van der Waals surface area contributed by atoms with Gasteiger partial charge in [-0.2, -0.15) is 0 Å². The van der Waals surface area contributed by atoms with Crippen molar-refractivity contribution in [2.75, 3.05) is 52.7 Å². The Morgan fingerprint density at radius 3 is 1.51 bits per heavy atom. The third-order valence-corrected chi connectivity index (χ3v) is 7.72. The highest BCUT2D eigenvalue weighted by Gasteiger charge is 2.16. The van der Waals surface area contributed by atoms with Crippen LogP contribution >= 0.6 is 0 Å². The molecule has 0 radical (unpaired) electrons. The molecule has 1 N–H and O–H groups in total. The molecule has 1 fully saturated rings. The quantitative estimate of drug-likeness (QED) is 0.105. The maximum Gasteiger partial charge on any atom is 0.104 e. The smallest absolute Gasteiger partial charge is 0.104 e. The lowest BCUT2D eigenvalue weighted by Crippen LogP contribution is -2.36. The van der Waals surface area contributed by atoms with Gasteiger partial charge in [-0.05, 0) is 45.6 Å². The van der Waals surface area contributed by atoms with E-state index in [2.05, 4.69) is 11.8 Å². The number of rotatable bonds is 28. The average Bonchev–Trinajstić information content (AvgIpc) is 2.90. The van der Waals surface area contributed by atoms with Gasteiger partial charge >= 0.3 is 0 Å². The molecule has 0 aromatic heterocycles. The van der Waals surface area contributed by atoms with Gasteiger partial charge in [-0.25, -0.2) is 0 Å². The maximum atomic E-state index is 9.59. The highest BCUT2D eigenvalue weighted by atomic mass is 16.6. The van der Waals surface area contributed by atoms with Gasteiger partial charge in [0.25, 0.3) is 0 Å². The van der Waals surface area contributed by atoms with Crippen molar-refractivity contribution in [2.45, 2.75) is 154 Å². The van der Waals surface area contributed by atoms with Crippen LogP contribution in [-0.4, -0.2) is 74.9 Å². The van der Waals surface area contributed by atoms with Crippen molar-refractivity contribution < 1.29 is 19.3 Å². The molecule has 0 amide bonds. The molecule has 1 saturated heterocycles. The highest BCUT2D eigenvalue weighted by Crippen LogP contribution is 2.14. The lowest BCUT2D eigenvalue weighted by atomic mass is 10.0. The van der Waals surface area contributed by atoms with Crippen molar-refractivity contribution in [1.82, 2.24) is 4.90 Å². The predicted molar refractivity (Wildman–Crippen MR) is 158 cm³/mol. The molecule has 0 saturated carbocycles. The molecule has 222 valence electrons. The molecule has 5 nitrogen and oxygen atoms in total. The van der Waals surface area contributed by atoms with E-state index in [9.17, 15) is 5.11 Å². The van der Waals surface area contributed by atoms with Crippen LogP contribution in [0.25, 0.3) is 0 Å². The summed E-state index contributed by atoms with van der Waals surface area (Å²) in [6, 6.07) is 0. The molecule has 1 rings (SSSR count). The summed E-state index contributed by atoms with van der Waals surface area (Å²) in [4.78, 5) is 2.49. The van der Waals surface area contributed by atoms with Crippen molar-refractivity contribution in [2.24, 2.45) is 0 Å². The second-order valence-electron chi connectivity index (χ2n) is 11.3. The number of piperidine rings is 1. The molecule has 1 atom stereocenters. The van der Waals surface area contributed by atoms with Gasteiger partial charge in [0, 0.05) is 32.9 Å². The Kier molecular flexibility index (Phi) is 25.8. The molecule has 1 heterocycles. The zero-order valence-electron chi connectivity index (χ0n) is 25.1. The Morgan fingerprint density at radius 2 is 1.05 bits per heavy atom. The summed E-state index contributed by atoms with van der Waals surface area (Å²) in [5.41, 5.74) is 0. The zero-order chi connectivity index (χ0) is 26.7. The van der Waals surface area contributed by atoms with Crippen LogP contribution < -0.4 is 0 Å². The third-order valence-electron chi connectivity index (χ3n) is 7.72. The van der Waals surface area contributed by atoms with Gasteiger partial charge in [0.05, 0.1) is 19.3 Å². The van der Waals surface area contributed by atoms with Crippen LogP contribution in [0.4, 0.5) is 0 Å². The molecule has 1 aliphatic heterocycles. The minimum atomic E-state index is -0.0663. The van der Waals surface area contributed by atoms with Gasteiger partial charge in [0.1, 0.15) is 6.10 Å². The number of unbranched alkanes of at least 4 members (excludes halogenated alkanes) is 16. The van der Waals surface area contributed by atoms with Crippen LogP contribution in [0.5, 0.6) is 0 Å². The van der Waals surface area contributed by atoms with E-state index in [-0.39, 0.29) is 12.2 Å². The SMILES string of the molecule is CCCCCCCCCCCCCCCCOC[C@@H](COCCCCCCN1CCC(O)CC1)OCC. The van der Waals surface area contributed by atoms with Gasteiger partial charge in [0.2, 0.25) is 0 Å². The summed E-state index contributed by atoms with van der Waals surface area (Å²) in [7, 11) is 0. The fourth-order valence-corrected chi connectivity index (χ4v) is 5.24. The average molecular weight is 528 g/mol. The molecular formula is C32H65NO4. The minimum Gasteiger partial charge on any atom is -0.393 e. The molecule has 0 bridgehead atoms. The summed E-state index contributed by atoms with van der Waals surface area (Å²) in [5, 5.41) is 9.59. The zero-order valence-corrected chi connectivity index (χ0v) is 25.1. The lowest BCUT2D eigenvalue weighted by molar-refractivity contribution is -0.0571. The van der Waals surface area contributed by atoms with Crippen LogP contribution in [0.1, 0.15) is 142 Å². The number of likely N-dealkylation sites (tertiary alicyclic amines) is 1. The molecule has 0 aromatic rings. The van der Waals surface area contributed by atoms with E-state index < -0.39 is 0 Å². The largest absolute Gasteiger partial charge is 0.393 e. The van der Waals surface area contributed by atoms with Gasteiger partial charge in [0.15, 0.2) is 0 Å². The summed E-state index contributed by atoms with van der Waals surface area (Å²) < 4.78 is 17.6. The first-order valence-corrected chi connectivity index (χ1v) is 16.4. The molecule has 0 spiro atoms. The molecule has 0 aromatic carbocycles. The van der Waals surface area contributed by atoms with E-state index in [0.29, 0.717) is 19.8 Å². The Hall–Kier alpha value is -0.200. The van der Waals surface area contributed by atoms with Gasteiger partial charge in [-0.3, -0.25) is 0 Å². The number of aliphatic hydroxyl groups is 1. The van der Waals surface area contributed by atoms with E-state index in [1.807, 2.05) is 6.92 Å². The number of aliphatic hydroxyl groups excluding tert-OH is 1. The van der Waals surface area contributed by atoms with Crippen LogP contribution in [0, 0.1) is 0 Å². The Bertz CT molecular complexity index is 443. The fourth-order valence-electron chi connectivity index (χ4n) is 5.24. The van der Waals surface area contributed by atoms with E-state index in [0.717, 1.165) is 52.0 Å². The number of hydrogen-bond donors (Lipinski definition) is 1. The van der Waals surface area contributed by atoms with Gasteiger partial charge in [-0.1, -0.05) is 103 Å². The summed E-state index contributed by atoms with van der Waals surface area (Å²) in [6.07, 6.45) is 26.2. The lowest BCUT2D eigenvalue weighted by Gasteiger charge is -2.29. The summed E-state index contributed by atoms with van der Waals surface area (Å²) in [5.74, 6) is 0. The first-order chi connectivity index (χ1) is 18.3. The van der Waals surface area contributed by atoms with Crippen molar-refractivity contribution in [1.29, 1.82) is 0 Å². The Balaban J connectivity index is 1.82. The number of hydrogen-bond acceptors (Lipinski definition) is 5. The molecular weight excluding hydrogens is 462 g/mol. The Morgan fingerprint density at radius 1 is 0.622 bits per heavy atom. The first kappa shape index (κ1) is 34.8. The van der Waals surface area contributed by atoms with Crippen LogP contribution in [0.15, 0.2) is 0 Å². The van der Waals surface area contributed by atoms with E-state index in [1.165, 1.54) is 109 Å². The molecule has 1 aliphatic rings. The summed E-state index contributed by atoms with van der Waals surface area (Å²) >= 11 is 0. The second-order valence-corrected chi connectivity index (χ2v) is 11.3. The van der Waals surface area contributed by atoms with Gasteiger partial charge < -0.3 is 24.2 Å². The van der Waals surface area contributed by atoms with Crippen molar-refractivity contribution in [3.8, 4) is 0 Å². The standard InChI is InChI=1S/C32H65NO4/c1-3-5-6-7-8-9-10-11-12-13-14-15-17-20-27-35-29-32(37-4-2)30-36-28-21-18-16-19-24-33-25-22-31(34)23-26-33/h31-32,34H,3-30H2,1-2H3/t32-/m0/s1. The Labute approximate surface area is 231 Å². The van der Waals surface area contributed by atoms with Crippen molar-refractivity contribution in [3.63, 3.8) is 0 Å². The third kappa shape index (κ3) is 23.4. The van der Waals surface area contributed by atoms with Crippen molar-refractivity contribution >= 4 is 0 Å². The molecule has 0 aliphatic carbocycles. The van der Waals surface area contributed by atoms with Crippen molar-refractivity contribution in [3.05, 3.63) is 0 Å². The van der Waals surface area contributed by atoms with E-state index in [4.69, 9.17) is 14.2 Å². The van der Waals surface area contributed by atoms with Gasteiger partial charge in [-0.15, -0.1) is 0 Å². The molecule has 0 unspecified atom stereocenters. The van der Waals surface area contributed by atoms with E-state index >= 15 is 0 Å². The summed E-state index contributed by atoms with van der Waals surface area (Å²) in [6.45, 7) is 11.3. The maximum absolute atomic E-state index is 9.59. The van der Waals surface area contributed by atoms with Crippen LogP contribution in [0.2, 0.25) is 0 Å². The first-order valence-electron chi connectivity index (χ1n) is 16.4. The number of nitrogens with zero attached hydrogens (tertiary/aromatic N) is 1. The molecule has 5 heteroatoms. The minimum absolute atomic E-state index is 0.0612. The van der Waals surface area contributed by atoms with Crippen LogP contribution in [-0.2, 0) is 14.2 Å². The predicted octanol–water partition coefficient (Wildman–Crippen LogP) is 7.92.